The third-order valence-corrected chi connectivity index (χ3v) is 2.71. The topological polar surface area (TPSA) is 41.1 Å². The number of rotatable bonds is 7. The van der Waals surface area contributed by atoms with Crippen molar-refractivity contribution in [2.45, 2.75) is 58.0 Å². The fourth-order valence-electron chi connectivity index (χ4n) is 1.47. The van der Waals surface area contributed by atoms with E-state index < -0.39 is 0 Å². The maximum absolute atomic E-state index is 11.4. The van der Waals surface area contributed by atoms with Gasteiger partial charge in [0, 0.05) is 25.0 Å². The van der Waals surface area contributed by atoms with Crippen molar-refractivity contribution in [2.24, 2.45) is 0 Å². The average molecular weight is 198 g/mol. The summed E-state index contributed by atoms with van der Waals surface area (Å²) in [6.45, 7) is 5.05. The van der Waals surface area contributed by atoms with E-state index >= 15 is 0 Å². The van der Waals surface area contributed by atoms with Crippen molar-refractivity contribution in [1.29, 1.82) is 0 Å². The van der Waals surface area contributed by atoms with Crippen LogP contribution in [0.3, 0.4) is 0 Å². The summed E-state index contributed by atoms with van der Waals surface area (Å²) in [5.74, 6) is 0.187. The summed E-state index contributed by atoms with van der Waals surface area (Å²) < 4.78 is 0. The Labute approximate surface area is 86.6 Å². The normalized spacial score (nSPS) is 15.9. The van der Waals surface area contributed by atoms with Crippen molar-refractivity contribution < 1.29 is 4.79 Å². The largest absolute Gasteiger partial charge is 0.353 e. The summed E-state index contributed by atoms with van der Waals surface area (Å²) in [6, 6.07) is 1.07. The number of hydrogen-bond acceptors (Lipinski definition) is 2. The van der Waals surface area contributed by atoms with Crippen LogP contribution in [0.2, 0.25) is 0 Å². The van der Waals surface area contributed by atoms with Crippen molar-refractivity contribution >= 4 is 5.91 Å². The molecule has 0 aromatic heterocycles. The molecule has 0 saturated heterocycles. The van der Waals surface area contributed by atoms with Gasteiger partial charge in [0.05, 0.1) is 0 Å². The van der Waals surface area contributed by atoms with Crippen LogP contribution in [0.5, 0.6) is 0 Å². The van der Waals surface area contributed by atoms with Gasteiger partial charge in [-0.2, -0.15) is 0 Å². The minimum absolute atomic E-state index is 0.187. The summed E-state index contributed by atoms with van der Waals surface area (Å²) in [7, 11) is 0. The van der Waals surface area contributed by atoms with Crippen LogP contribution in [0, 0.1) is 0 Å². The molecule has 82 valence electrons. The van der Waals surface area contributed by atoms with Gasteiger partial charge in [0.25, 0.3) is 0 Å². The van der Waals surface area contributed by atoms with Crippen LogP contribution in [-0.4, -0.2) is 24.5 Å². The van der Waals surface area contributed by atoms with Gasteiger partial charge in [-0.15, -0.1) is 0 Å². The molecule has 1 fully saturated rings. The molecule has 0 aromatic rings. The molecule has 0 radical (unpaired) electrons. The molecule has 0 unspecified atom stereocenters. The molecule has 3 nitrogen and oxygen atoms in total. The Morgan fingerprint density at radius 3 is 2.50 bits per heavy atom. The molecule has 0 heterocycles. The van der Waals surface area contributed by atoms with Crippen LogP contribution in [-0.2, 0) is 4.79 Å². The van der Waals surface area contributed by atoms with E-state index in [1.54, 1.807) is 0 Å². The average Bonchev–Trinajstić information content (AvgIpc) is 2.98. The lowest BCUT2D eigenvalue weighted by molar-refractivity contribution is -0.121. The summed E-state index contributed by atoms with van der Waals surface area (Å²) in [4.78, 5) is 11.4. The molecule has 2 N–H and O–H groups in total. The van der Waals surface area contributed by atoms with E-state index in [9.17, 15) is 4.79 Å². The zero-order valence-corrected chi connectivity index (χ0v) is 9.31. The van der Waals surface area contributed by atoms with E-state index in [1.807, 2.05) is 0 Å². The van der Waals surface area contributed by atoms with Crippen LogP contribution in [0.15, 0.2) is 0 Å². The summed E-state index contributed by atoms with van der Waals surface area (Å²) >= 11 is 0. The number of carbonyl (C=O) groups is 1. The second-order valence-electron chi connectivity index (χ2n) is 4.06. The quantitative estimate of drug-likeness (QED) is 0.650. The first-order valence-corrected chi connectivity index (χ1v) is 5.79. The van der Waals surface area contributed by atoms with Gasteiger partial charge in [0.1, 0.15) is 0 Å². The van der Waals surface area contributed by atoms with Crippen LogP contribution >= 0.6 is 0 Å². The smallest absolute Gasteiger partial charge is 0.221 e. The number of nitrogens with one attached hydrogen (secondary N) is 2. The number of hydrogen-bond donors (Lipinski definition) is 2. The molecule has 0 bridgehead atoms. The molecule has 1 aliphatic rings. The van der Waals surface area contributed by atoms with Crippen molar-refractivity contribution in [3.63, 3.8) is 0 Å². The van der Waals surface area contributed by atoms with Gasteiger partial charge in [0.15, 0.2) is 0 Å². The second-order valence-corrected chi connectivity index (χ2v) is 4.06. The molecule has 0 aliphatic heterocycles. The minimum Gasteiger partial charge on any atom is -0.353 e. The zero-order valence-electron chi connectivity index (χ0n) is 9.31. The van der Waals surface area contributed by atoms with Gasteiger partial charge in [0.2, 0.25) is 5.91 Å². The molecule has 1 amide bonds. The van der Waals surface area contributed by atoms with Crippen LogP contribution in [0.4, 0.5) is 0 Å². The van der Waals surface area contributed by atoms with Crippen molar-refractivity contribution in [2.75, 3.05) is 6.54 Å². The number of amides is 1. The highest BCUT2D eigenvalue weighted by molar-refractivity contribution is 5.76. The van der Waals surface area contributed by atoms with E-state index in [0.29, 0.717) is 18.5 Å². The molecule has 0 spiro atoms. The Bertz CT molecular complexity index is 174. The summed E-state index contributed by atoms with van der Waals surface area (Å²) in [5.41, 5.74) is 0. The predicted molar refractivity (Wildman–Crippen MR) is 58.2 cm³/mol. The third-order valence-electron chi connectivity index (χ3n) is 2.71. The molecular weight excluding hydrogens is 176 g/mol. The SMILES string of the molecule is CCC(CC)NC(=O)CCNC1CC1. The van der Waals surface area contributed by atoms with E-state index in [4.69, 9.17) is 0 Å². The van der Waals surface area contributed by atoms with Crippen molar-refractivity contribution in [3.05, 3.63) is 0 Å². The lowest BCUT2D eigenvalue weighted by Crippen LogP contribution is -2.35. The van der Waals surface area contributed by atoms with Crippen LogP contribution in [0.1, 0.15) is 46.0 Å². The maximum Gasteiger partial charge on any atom is 0.221 e. The molecule has 14 heavy (non-hydrogen) atoms. The van der Waals surface area contributed by atoms with Crippen LogP contribution in [0.25, 0.3) is 0 Å². The predicted octanol–water partition coefficient (Wildman–Crippen LogP) is 1.43. The van der Waals surface area contributed by atoms with E-state index in [2.05, 4.69) is 24.5 Å². The maximum atomic E-state index is 11.4. The highest BCUT2D eigenvalue weighted by Gasteiger charge is 2.20. The first-order chi connectivity index (χ1) is 6.76. The molecule has 0 atom stereocenters. The van der Waals surface area contributed by atoms with Gasteiger partial charge in [-0.05, 0) is 25.7 Å². The van der Waals surface area contributed by atoms with Gasteiger partial charge in [-0.3, -0.25) is 4.79 Å². The molecule has 1 rings (SSSR count). The Kier molecular flexibility index (Phi) is 4.94. The van der Waals surface area contributed by atoms with Gasteiger partial charge < -0.3 is 10.6 Å². The molecular formula is C11H22N2O. The lowest BCUT2D eigenvalue weighted by atomic mass is 10.1. The lowest BCUT2D eigenvalue weighted by Gasteiger charge is -2.14. The fraction of sp³-hybridized carbons (Fsp3) is 0.909. The number of carbonyl (C=O) groups excluding carboxylic acids is 1. The van der Waals surface area contributed by atoms with Gasteiger partial charge in [-0.1, -0.05) is 13.8 Å². The first-order valence-electron chi connectivity index (χ1n) is 5.79. The highest BCUT2D eigenvalue weighted by atomic mass is 16.1. The second kappa shape index (κ2) is 6.02. The highest BCUT2D eigenvalue weighted by Crippen LogP contribution is 2.18. The van der Waals surface area contributed by atoms with Crippen molar-refractivity contribution in [3.8, 4) is 0 Å². The van der Waals surface area contributed by atoms with Gasteiger partial charge in [-0.25, -0.2) is 0 Å². The molecule has 0 aromatic carbocycles. The summed E-state index contributed by atoms with van der Waals surface area (Å²) in [6.07, 6.45) is 5.24. The third kappa shape index (κ3) is 4.61. The summed E-state index contributed by atoms with van der Waals surface area (Å²) in [5, 5.41) is 6.37. The van der Waals surface area contributed by atoms with Crippen molar-refractivity contribution in [1.82, 2.24) is 10.6 Å². The minimum atomic E-state index is 0.187. The Morgan fingerprint density at radius 1 is 1.36 bits per heavy atom. The first kappa shape index (κ1) is 11.5. The molecule has 3 heteroatoms. The van der Waals surface area contributed by atoms with Crippen LogP contribution < -0.4 is 10.6 Å². The standard InChI is InChI=1S/C11H22N2O/c1-3-9(4-2)13-11(14)7-8-12-10-5-6-10/h9-10,12H,3-8H2,1-2H3,(H,13,14). The fourth-order valence-corrected chi connectivity index (χ4v) is 1.47. The van der Waals surface area contributed by atoms with Gasteiger partial charge >= 0.3 is 0 Å². The molecule has 1 aliphatic carbocycles. The Morgan fingerprint density at radius 2 is 2.00 bits per heavy atom. The van der Waals surface area contributed by atoms with E-state index in [1.165, 1.54) is 12.8 Å². The van der Waals surface area contributed by atoms with E-state index in [0.717, 1.165) is 19.4 Å². The van der Waals surface area contributed by atoms with E-state index in [-0.39, 0.29) is 5.91 Å². The molecule has 1 saturated carbocycles. The Balaban J connectivity index is 2.01. The Hall–Kier alpha value is -0.570. The zero-order chi connectivity index (χ0) is 10.4. The monoisotopic (exact) mass is 198 g/mol.